The molecule has 0 spiro atoms. The molecule has 0 saturated carbocycles. The van der Waals surface area contributed by atoms with Gasteiger partial charge in [0.25, 0.3) is 10.0 Å². The van der Waals surface area contributed by atoms with Crippen LogP contribution in [0, 0.1) is 0 Å². The highest BCUT2D eigenvalue weighted by molar-refractivity contribution is 7.90. The van der Waals surface area contributed by atoms with Crippen LogP contribution in [-0.4, -0.2) is 25.0 Å². The summed E-state index contributed by atoms with van der Waals surface area (Å²) in [5.74, 6) is -0.703. The summed E-state index contributed by atoms with van der Waals surface area (Å²) >= 11 is 0. The average molecular weight is 423 g/mol. The van der Waals surface area contributed by atoms with E-state index in [0.29, 0.717) is 17.7 Å². The van der Waals surface area contributed by atoms with E-state index >= 15 is 0 Å². The van der Waals surface area contributed by atoms with Gasteiger partial charge in [0.1, 0.15) is 0 Å². The quantitative estimate of drug-likeness (QED) is 0.563. The van der Waals surface area contributed by atoms with Crippen molar-refractivity contribution in [2.75, 3.05) is 6.61 Å². The first kappa shape index (κ1) is 20.7. The Morgan fingerprint density at radius 3 is 2.21 bits per heavy atom. The van der Waals surface area contributed by atoms with Crippen LogP contribution in [0.5, 0.6) is 0 Å². The van der Waals surface area contributed by atoms with Gasteiger partial charge in [-0.2, -0.15) is 13.2 Å². The fourth-order valence-corrected chi connectivity index (χ4v) is 4.09. The Morgan fingerprint density at radius 1 is 1.03 bits per heavy atom. The number of hydrogen-bond acceptors (Lipinski definition) is 4. The second-order valence-corrected chi connectivity index (χ2v) is 7.84. The first-order chi connectivity index (χ1) is 13.6. The maximum Gasteiger partial charge on any atom is 0.416 e. The predicted molar refractivity (Wildman–Crippen MR) is 99.9 cm³/mol. The molecule has 0 fully saturated rings. The Kier molecular flexibility index (Phi) is 5.52. The van der Waals surface area contributed by atoms with Crippen molar-refractivity contribution in [2.24, 2.45) is 0 Å². The number of benzene rings is 2. The summed E-state index contributed by atoms with van der Waals surface area (Å²) in [7, 11) is -4.27. The molecule has 0 N–H and O–H groups in total. The first-order valence-corrected chi connectivity index (χ1v) is 9.96. The van der Waals surface area contributed by atoms with Crippen LogP contribution in [0.4, 0.5) is 13.2 Å². The summed E-state index contributed by atoms with van der Waals surface area (Å²) in [6.07, 6.45) is -3.48. The topological polar surface area (TPSA) is 65.4 Å². The van der Waals surface area contributed by atoms with E-state index in [1.54, 1.807) is 37.3 Å². The highest BCUT2D eigenvalue weighted by atomic mass is 32.2. The number of carbonyl (C=O) groups is 1. The van der Waals surface area contributed by atoms with E-state index < -0.39 is 27.7 Å². The maximum absolute atomic E-state index is 13.1. The molecule has 152 valence electrons. The number of ether oxygens (including phenoxy) is 1. The number of aromatic nitrogens is 1. The van der Waals surface area contributed by atoms with Gasteiger partial charge in [0, 0.05) is 6.20 Å². The van der Waals surface area contributed by atoms with Crippen LogP contribution in [0.2, 0.25) is 0 Å². The van der Waals surface area contributed by atoms with Crippen LogP contribution in [0.1, 0.15) is 22.8 Å². The molecule has 0 aliphatic rings. The lowest BCUT2D eigenvalue weighted by atomic mass is 10.1. The van der Waals surface area contributed by atoms with Gasteiger partial charge >= 0.3 is 12.1 Å². The van der Waals surface area contributed by atoms with Crippen molar-refractivity contribution >= 4 is 16.0 Å². The Hall–Kier alpha value is -3.07. The van der Waals surface area contributed by atoms with Crippen molar-refractivity contribution in [3.8, 4) is 11.3 Å². The van der Waals surface area contributed by atoms with Crippen molar-refractivity contribution in [3.63, 3.8) is 0 Å². The minimum Gasteiger partial charge on any atom is -0.462 e. The third-order valence-electron chi connectivity index (χ3n) is 4.11. The third-order valence-corrected chi connectivity index (χ3v) is 5.79. The summed E-state index contributed by atoms with van der Waals surface area (Å²) in [5, 5.41) is 0. The van der Waals surface area contributed by atoms with Crippen LogP contribution >= 0.6 is 0 Å². The molecule has 0 bridgehead atoms. The zero-order valence-corrected chi connectivity index (χ0v) is 16.0. The fraction of sp³-hybridized carbons (Fsp3) is 0.150. The Bertz CT molecular complexity index is 1120. The number of carbonyl (C=O) groups excluding carboxylic acids is 1. The molecule has 0 atom stereocenters. The van der Waals surface area contributed by atoms with Gasteiger partial charge in [0.2, 0.25) is 0 Å². The molecule has 2 aromatic carbocycles. The normalized spacial score (nSPS) is 12.0. The van der Waals surface area contributed by atoms with E-state index in [0.717, 1.165) is 22.3 Å². The van der Waals surface area contributed by atoms with Crippen molar-refractivity contribution in [1.82, 2.24) is 3.97 Å². The smallest absolute Gasteiger partial charge is 0.416 e. The fourth-order valence-electron chi connectivity index (χ4n) is 2.72. The summed E-state index contributed by atoms with van der Waals surface area (Å²) in [4.78, 5) is 11.8. The number of alkyl halides is 3. The molecule has 0 radical (unpaired) electrons. The standard InChI is InChI=1S/C20H16F3NO4S/c1-2-28-19(25)15-12-18(14-6-4-3-5-7-14)24(13-15)29(26,27)17-10-8-16(9-11-17)20(21,22)23/h3-13H,2H2,1H3. The molecule has 0 aliphatic heterocycles. The molecule has 0 amide bonds. The highest BCUT2D eigenvalue weighted by Gasteiger charge is 2.31. The van der Waals surface area contributed by atoms with Crippen LogP contribution < -0.4 is 0 Å². The molecule has 3 rings (SSSR count). The molecule has 1 aromatic heterocycles. The van der Waals surface area contributed by atoms with E-state index in [-0.39, 0.29) is 22.8 Å². The summed E-state index contributed by atoms with van der Waals surface area (Å²) in [5.41, 5.74) is -0.243. The number of nitrogens with zero attached hydrogens (tertiary/aromatic N) is 1. The minimum absolute atomic E-state index is 0.0150. The van der Waals surface area contributed by atoms with Gasteiger partial charge in [-0.1, -0.05) is 30.3 Å². The Balaban J connectivity index is 2.14. The third kappa shape index (κ3) is 4.19. The number of halogens is 3. The van der Waals surface area contributed by atoms with Crippen molar-refractivity contribution < 1.29 is 31.1 Å². The lowest BCUT2D eigenvalue weighted by Crippen LogP contribution is -2.14. The van der Waals surface area contributed by atoms with Gasteiger partial charge in [0.05, 0.1) is 28.3 Å². The van der Waals surface area contributed by atoms with E-state index in [1.807, 2.05) is 0 Å². The second-order valence-electron chi connectivity index (χ2n) is 6.02. The molecule has 0 aliphatic carbocycles. The molecule has 0 saturated heterocycles. The number of hydrogen-bond donors (Lipinski definition) is 0. The predicted octanol–water partition coefficient (Wildman–Crippen LogP) is 4.59. The SMILES string of the molecule is CCOC(=O)c1cc(-c2ccccc2)n(S(=O)(=O)c2ccc(C(F)(F)F)cc2)c1. The number of rotatable bonds is 5. The monoisotopic (exact) mass is 423 g/mol. The molecular weight excluding hydrogens is 407 g/mol. The van der Waals surface area contributed by atoms with E-state index in [1.165, 1.54) is 6.07 Å². The lowest BCUT2D eigenvalue weighted by Gasteiger charge is -2.12. The Morgan fingerprint density at radius 2 is 1.66 bits per heavy atom. The molecule has 5 nitrogen and oxygen atoms in total. The van der Waals surface area contributed by atoms with Gasteiger partial charge in [-0.25, -0.2) is 17.2 Å². The van der Waals surface area contributed by atoms with Crippen LogP contribution in [0.25, 0.3) is 11.3 Å². The van der Waals surface area contributed by atoms with Crippen LogP contribution in [-0.2, 0) is 20.9 Å². The van der Waals surface area contributed by atoms with Gasteiger partial charge in [0.15, 0.2) is 0 Å². The van der Waals surface area contributed by atoms with Gasteiger partial charge in [-0.3, -0.25) is 0 Å². The molecular formula is C20H16F3NO4S. The highest BCUT2D eigenvalue weighted by Crippen LogP contribution is 2.31. The minimum atomic E-state index is -4.58. The zero-order chi connectivity index (χ0) is 21.2. The van der Waals surface area contributed by atoms with Gasteiger partial charge < -0.3 is 4.74 Å². The van der Waals surface area contributed by atoms with Crippen molar-refractivity contribution in [3.05, 3.63) is 78.0 Å². The van der Waals surface area contributed by atoms with Crippen molar-refractivity contribution in [1.29, 1.82) is 0 Å². The first-order valence-electron chi connectivity index (χ1n) is 8.52. The molecule has 29 heavy (non-hydrogen) atoms. The number of esters is 1. The molecule has 9 heteroatoms. The average Bonchev–Trinajstić information content (AvgIpc) is 3.15. The summed E-state index contributed by atoms with van der Waals surface area (Å²) in [6, 6.07) is 13.0. The van der Waals surface area contributed by atoms with E-state index in [9.17, 15) is 26.4 Å². The van der Waals surface area contributed by atoms with Gasteiger partial charge in [-0.15, -0.1) is 0 Å². The van der Waals surface area contributed by atoms with Gasteiger partial charge in [-0.05, 0) is 42.8 Å². The van der Waals surface area contributed by atoms with Crippen LogP contribution in [0.15, 0.2) is 71.8 Å². The molecule has 0 unspecified atom stereocenters. The second kappa shape index (κ2) is 7.75. The lowest BCUT2D eigenvalue weighted by molar-refractivity contribution is -0.137. The zero-order valence-electron chi connectivity index (χ0n) is 15.2. The molecule has 3 aromatic rings. The molecule has 1 heterocycles. The van der Waals surface area contributed by atoms with Crippen LogP contribution in [0.3, 0.4) is 0 Å². The maximum atomic E-state index is 13.1. The van der Waals surface area contributed by atoms with E-state index in [4.69, 9.17) is 4.74 Å². The summed E-state index contributed by atoms with van der Waals surface area (Å²) in [6.45, 7) is 1.72. The Labute approximate surface area is 165 Å². The largest absolute Gasteiger partial charge is 0.462 e. The summed E-state index contributed by atoms with van der Waals surface area (Å²) < 4.78 is 70.4. The van der Waals surface area contributed by atoms with E-state index in [2.05, 4.69) is 0 Å². The van der Waals surface area contributed by atoms with Crippen molar-refractivity contribution in [2.45, 2.75) is 18.0 Å².